The quantitative estimate of drug-likeness (QED) is 0.774. The van der Waals surface area contributed by atoms with Crippen molar-refractivity contribution in [1.29, 1.82) is 0 Å². The summed E-state index contributed by atoms with van der Waals surface area (Å²) in [5.41, 5.74) is 6.49. The van der Waals surface area contributed by atoms with Crippen LogP contribution in [0.1, 0.15) is 40.7 Å². The Bertz CT molecular complexity index is 785. The number of alkyl halides is 3. The second-order valence-corrected chi connectivity index (χ2v) is 6.65. The number of amides is 1. The van der Waals surface area contributed by atoms with E-state index in [1.807, 2.05) is 12.1 Å². The number of nitrogens with two attached hydrogens (primary N) is 1. The van der Waals surface area contributed by atoms with E-state index in [1.54, 1.807) is 12.1 Å². The van der Waals surface area contributed by atoms with Gasteiger partial charge in [-0.1, -0.05) is 24.3 Å². The summed E-state index contributed by atoms with van der Waals surface area (Å²) in [7, 11) is 0. The van der Waals surface area contributed by atoms with Crippen molar-refractivity contribution in [2.24, 2.45) is 5.73 Å². The molecule has 1 fully saturated rings. The second-order valence-electron chi connectivity index (χ2n) is 6.65. The number of hydrogen-bond acceptors (Lipinski definition) is 2. The summed E-state index contributed by atoms with van der Waals surface area (Å²) >= 11 is 0. The molecule has 1 heterocycles. The van der Waals surface area contributed by atoms with Crippen molar-refractivity contribution < 1.29 is 18.0 Å². The van der Waals surface area contributed by atoms with E-state index in [1.165, 1.54) is 12.8 Å². The van der Waals surface area contributed by atoms with Crippen LogP contribution in [0, 0.1) is 0 Å². The van der Waals surface area contributed by atoms with Crippen LogP contribution in [0.25, 0.3) is 11.1 Å². The third-order valence-electron chi connectivity index (χ3n) is 4.82. The molecule has 1 saturated heterocycles. The number of carbonyl (C=O) groups is 1. The van der Waals surface area contributed by atoms with Crippen molar-refractivity contribution >= 4 is 18.3 Å². The molecule has 1 atom stereocenters. The predicted molar refractivity (Wildman–Crippen MR) is 102 cm³/mol. The van der Waals surface area contributed by atoms with Gasteiger partial charge in [0.25, 0.3) is 0 Å². The van der Waals surface area contributed by atoms with Gasteiger partial charge in [-0.05, 0) is 67.1 Å². The lowest BCUT2D eigenvalue weighted by molar-refractivity contribution is -0.137. The standard InChI is InChI=1S/C20H21F3N2O.ClH/c21-20(22,23)15-8-10-17(19(24)26)18(12-15)14-6-3-13(4-7-14)5-9-16-2-1-11-25-16;/h3-4,6-8,10,12,16,25H,1-2,5,9,11H2,(H2,24,26);1H. The van der Waals surface area contributed by atoms with Crippen molar-refractivity contribution in [3.63, 3.8) is 0 Å². The maximum absolute atomic E-state index is 13.0. The minimum Gasteiger partial charge on any atom is -0.366 e. The number of primary amides is 1. The Hall–Kier alpha value is -2.05. The van der Waals surface area contributed by atoms with Gasteiger partial charge in [-0.2, -0.15) is 13.2 Å². The largest absolute Gasteiger partial charge is 0.416 e. The van der Waals surface area contributed by atoms with E-state index >= 15 is 0 Å². The first kappa shape index (κ1) is 21.3. The van der Waals surface area contributed by atoms with Gasteiger partial charge in [0.15, 0.2) is 0 Å². The Morgan fingerprint density at radius 3 is 2.41 bits per heavy atom. The summed E-state index contributed by atoms with van der Waals surface area (Å²) in [6.07, 6.45) is -0.142. The zero-order valence-electron chi connectivity index (χ0n) is 14.7. The van der Waals surface area contributed by atoms with E-state index in [9.17, 15) is 18.0 Å². The third-order valence-corrected chi connectivity index (χ3v) is 4.82. The normalized spacial score (nSPS) is 16.8. The fraction of sp³-hybridized carbons (Fsp3) is 0.350. The molecule has 1 aliphatic rings. The van der Waals surface area contributed by atoms with Crippen molar-refractivity contribution in [3.05, 3.63) is 59.2 Å². The molecular formula is C20H22ClF3N2O. The predicted octanol–water partition coefficient (Wildman–Crippen LogP) is 4.58. The Morgan fingerprint density at radius 2 is 1.85 bits per heavy atom. The molecule has 1 aliphatic heterocycles. The Labute approximate surface area is 162 Å². The van der Waals surface area contributed by atoms with Gasteiger partial charge >= 0.3 is 6.18 Å². The van der Waals surface area contributed by atoms with Crippen LogP contribution in [0.4, 0.5) is 13.2 Å². The van der Waals surface area contributed by atoms with Crippen LogP contribution >= 0.6 is 12.4 Å². The van der Waals surface area contributed by atoms with Gasteiger partial charge in [0.05, 0.1) is 5.56 Å². The number of benzene rings is 2. The van der Waals surface area contributed by atoms with E-state index in [0.29, 0.717) is 11.6 Å². The van der Waals surface area contributed by atoms with E-state index in [-0.39, 0.29) is 23.5 Å². The molecule has 0 aromatic heterocycles. The third kappa shape index (κ3) is 5.23. The van der Waals surface area contributed by atoms with Gasteiger partial charge in [-0.3, -0.25) is 4.79 Å². The van der Waals surface area contributed by atoms with E-state index in [2.05, 4.69) is 5.32 Å². The molecule has 1 unspecified atom stereocenters. The molecule has 3 nitrogen and oxygen atoms in total. The van der Waals surface area contributed by atoms with Crippen LogP contribution in [0.5, 0.6) is 0 Å². The van der Waals surface area contributed by atoms with Crippen LogP contribution in [0.2, 0.25) is 0 Å². The summed E-state index contributed by atoms with van der Waals surface area (Å²) in [5, 5.41) is 3.45. The monoisotopic (exact) mass is 398 g/mol. The summed E-state index contributed by atoms with van der Waals surface area (Å²) < 4.78 is 39.0. The van der Waals surface area contributed by atoms with E-state index in [0.717, 1.165) is 43.1 Å². The SMILES string of the molecule is Cl.NC(=O)c1ccc(C(F)(F)F)cc1-c1ccc(CCC2CCCN2)cc1. The van der Waals surface area contributed by atoms with Crippen molar-refractivity contribution in [3.8, 4) is 11.1 Å². The molecule has 0 aliphatic carbocycles. The Morgan fingerprint density at radius 1 is 1.15 bits per heavy atom. The van der Waals surface area contributed by atoms with Crippen molar-refractivity contribution in [1.82, 2.24) is 5.32 Å². The molecule has 0 saturated carbocycles. The fourth-order valence-electron chi connectivity index (χ4n) is 3.37. The molecule has 3 rings (SSSR count). The van der Waals surface area contributed by atoms with Gasteiger partial charge in [0, 0.05) is 11.6 Å². The molecule has 0 radical (unpaired) electrons. The smallest absolute Gasteiger partial charge is 0.366 e. The Kier molecular flexibility index (Phi) is 6.89. The average Bonchev–Trinajstić information content (AvgIpc) is 3.12. The summed E-state index contributed by atoms with van der Waals surface area (Å²) in [6.45, 7) is 1.06. The summed E-state index contributed by atoms with van der Waals surface area (Å²) in [4.78, 5) is 11.6. The maximum atomic E-state index is 13.0. The van der Waals surface area contributed by atoms with E-state index < -0.39 is 17.6 Å². The first-order valence-electron chi connectivity index (χ1n) is 8.68. The lowest BCUT2D eigenvalue weighted by Gasteiger charge is -2.13. The zero-order valence-corrected chi connectivity index (χ0v) is 15.5. The molecule has 146 valence electrons. The molecule has 2 aromatic rings. The number of aryl methyl sites for hydroxylation is 1. The van der Waals surface area contributed by atoms with E-state index in [4.69, 9.17) is 5.73 Å². The molecule has 1 amide bonds. The number of hydrogen-bond donors (Lipinski definition) is 2. The minimum atomic E-state index is -4.47. The average molecular weight is 399 g/mol. The molecular weight excluding hydrogens is 377 g/mol. The first-order valence-corrected chi connectivity index (χ1v) is 8.68. The second kappa shape index (κ2) is 8.76. The first-order chi connectivity index (χ1) is 12.3. The van der Waals surface area contributed by atoms with Crippen molar-refractivity contribution in [2.45, 2.75) is 37.9 Å². The number of rotatable bonds is 5. The highest BCUT2D eigenvalue weighted by Crippen LogP contribution is 2.34. The van der Waals surface area contributed by atoms with Crippen LogP contribution in [0.3, 0.4) is 0 Å². The van der Waals surface area contributed by atoms with Crippen LogP contribution in [-0.2, 0) is 12.6 Å². The van der Waals surface area contributed by atoms with Crippen LogP contribution in [-0.4, -0.2) is 18.5 Å². The summed E-state index contributed by atoms with van der Waals surface area (Å²) in [5.74, 6) is -0.745. The van der Waals surface area contributed by atoms with Gasteiger partial charge in [-0.25, -0.2) is 0 Å². The van der Waals surface area contributed by atoms with Gasteiger partial charge in [-0.15, -0.1) is 12.4 Å². The van der Waals surface area contributed by atoms with Crippen LogP contribution < -0.4 is 11.1 Å². The van der Waals surface area contributed by atoms with Crippen LogP contribution in [0.15, 0.2) is 42.5 Å². The molecule has 2 aromatic carbocycles. The number of nitrogens with one attached hydrogen (secondary N) is 1. The summed E-state index contributed by atoms with van der Waals surface area (Å²) in [6, 6.07) is 10.8. The lowest BCUT2D eigenvalue weighted by Crippen LogP contribution is -2.21. The fourth-order valence-corrected chi connectivity index (χ4v) is 3.37. The molecule has 27 heavy (non-hydrogen) atoms. The number of carbonyl (C=O) groups excluding carboxylic acids is 1. The highest BCUT2D eigenvalue weighted by molar-refractivity contribution is 6.00. The van der Waals surface area contributed by atoms with Crippen molar-refractivity contribution in [2.75, 3.05) is 6.54 Å². The van der Waals surface area contributed by atoms with Gasteiger partial charge in [0.1, 0.15) is 0 Å². The minimum absolute atomic E-state index is 0. The number of halogens is 4. The zero-order chi connectivity index (χ0) is 18.7. The maximum Gasteiger partial charge on any atom is 0.416 e. The Balaban J connectivity index is 0.00000261. The van der Waals surface area contributed by atoms with Gasteiger partial charge in [0.2, 0.25) is 5.91 Å². The molecule has 0 bridgehead atoms. The topological polar surface area (TPSA) is 55.1 Å². The molecule has 0 spiro atoms. The highest BCUT2D eigenvalue weighted by atomic mass is 35.5. The molecule has 3 N–H and O–H groups in total. The van der Waals surface area contributed by atoms with Gasteiger partial charge < -0.3 is 11.1 Å². The highest BCUT2D eigenvalue weighted by Gasteiger charge is 2.31. The lowest BCUT2D eigenvalue weighted by atomic mass is 9.95. The molecule has 7 heteroatoms.